The summed E-state index contributed by atoms with van der Waals surface area (Å²) in [6, 6.07) is 9.74. The molecule has 3 heteroatoms. The van der Waals surface area contributed by atoms with Crippen LogP contribution in [0.3, 0.4) is 0 Å². The molecule has 0 saturated carbocycles. The third-order valence-electron chi connectivity index (χ3n) is 1.76. The lowest BCUT2D eigenvalue weighted by atomic mass is 10.1. The summed E-state index contributed by atoms with van der Waals surface area (Å²) >= 11 is 0. The summed E-state index contributed by atoms with van der Waals surface area (Å²) in [6.07, 6.45) is -0.00421. The Hall–Kier alpha value is -0.900. The first kappa shape index (κ1) is 10.2. The molecule has 0 aliphatic carbocycles. The molecule has 0 aromatic heterocycles. The van der Waals surface area contributed by atoms with Crippen molar-refractivity contribution >= 4 is 0 Å². The van der Waals surface area contributed by atoms with Gasteiger partial charge in [0.2, 0.25) is 0 Å². The Labute approximate surface area is 78.0 Å². The normalized spacial score (nSPS) is 12.8. The van der Waals surface area contributed by atoms with Gasteiger partial charge in [-0.05, 0) is 5.56 Å². The Morgan fingerprint density at radius 3 is 2.54 bits per heavy atom. The standard InChI is InChI=1S/C10H15NO2/c12-7-6-11-10(13)8-9-4-2-1-3-5-9/h1-5,10-13H,6-8H2. The Balaban J connectivity index is 2.32. The van der Waals surface area contributed by atoms with Crippen molar-refractivity contribution in [3.05, 3.63) is 35.9 Å². The van der Waals surface area contributed by atoms with E-state index in [0.717, 1.165) is 5.56 Å². The quantitative estimate of drug-likeness (QED) is 0.566. The minimum Gasteiger partial charge on any atom is -0.395 e. The number of hydrogen-bond acceptors (Lipinski definition) is 3. The van der Waals surface area contributed by atoms with Gasteiger partial charge in [0.05, 0.1) is 6.61 Å². The zero-order valence-corrected chi connectivity index (χ0v) is 7.48. The lowest BCUT2D eigenvalue weighted by Crippen LogP contribution is -2.32. The third kappa shape index (κ3) is 4.03. The lowest BCUT2D eigenvalue weighted by Gasteiger charge is -2.11. The molecule has 1 unspecified atom stereocenters. The van der Waals surface area contributed by atoms with Crippen LogP contribution in [0.15, 0.2) is 30.3 Å². The molecule has 1 aromatic carbocycles. The highest BCUT2D eigenvalue weighted by molar-refractivity contribution is 5.15. The van der Waals surface area contributed by atoms with Crippen molar-refractivity contribution in [3.63, 3.8) is 0 Å². The largest absolute Gasteiger partial charge is 0.395 e. The predicted octanol–water partition coefficient (Wildman–Crippen LogP) is 0.129. The average molecular weight is 181 g/mol. The van der Waals surface area contributed by atoms with Gasteiger partial charge in [0.1, 0.15) is 6.23 Å². The Morgan fingerprint density at radius 2 is 1.92 bits per heavy atom. The highest BCUT2D eigenvalue weighted by Gasteiger charge is 2.02. The first-order valence-corrected chi connectivity index (χ1v) is 4.39. The monoisotopic (exact) mass is 181 g/mol. The van der Waals surface area contributed by atoms with Crippen LogP contribution in [-0.2, 0) is 6.42 Å². The van der Waals surface area contributed by atoms with Gasteiger partial charge in [-0.2, -0.15) is 0 Å². The highest BCUT2D eigenvalue weighted by atomic mass is 16.3. The molecular weight excluding hydrogens is 166 g/mol. The number of rotatable bonds is 5. The maximum absolute atomic E-state index is 9.41. The SMILES string of the molecule is OCCNC(O)Cc1ccccc1. The number of hydrogen-bond donors (Lipinski definition) is 3. The fraction of sp³-hybridized carbons (Fsp3) is 0.400. The van der Waals surface area contributed by atoms with Crippen LogP contribution in [0.5, 0.6) is 0 Å². The highest BCUT2D eigenvalue weighted by Crippen LogP contribution is 2.00. The summed E-state index contributed by atoms with van der Waals surface area (Å²) in [6.45, 7) is 0.472. The van der Waals surface area contributed by atoms with Crippen LogP contribution in [0, 0.1) is 0 Å². The minimum atomic E-state index is -0.574. The summed E-state index contributed by atoms with van der Waals surface area (Å²) in [5, 5.41) is 20.7. The average Bonchev–Trinajstić information content (AvgIpc) is 2.16. The van der Waals surface area contributed by atoms with E-state index in [0.29, 0.717) is 13.0 Å². The second-order valence-corrected chi connectivity index (χ2v) is 2.88. The number of aliphatic hydroxyl groups excluding tert-OH is 2. The van der Waals surface area contributed by atoms with E-state index in [-0.39, 0.29) is 6.61 Å². The molecule has 0 radical (unpaired) electrons. The zero-order valence-electron chi connectivity index (χ0n) is 7.48. The number of aliphatic hydroxyl groups is 2. The van der Waals surface area contributed by atoms with Crippen LogP contribution in [0.25, 0.3) is 0 Å². The Morgan fingerprint density at radius 1 is 1.23 bits per heavy atom. The van der Waals surface area contributed by atoms with Crippen molar-refractivity contribution in [2.24, 2.45) is 0 Å². The van der Waals surface area contributed by atoms with Crippen molar-refractivity contribution in [3.8, 4) is 0 Å². The molecule has 1 rings (SSSR count). The molecule has 13 heavy (non-hydrogen) atoms. The van der Waals surface area contributed by atoms with Crippen molar-refractivity contribution < 1.29 is 10.2 Å². The molecule has 0 fully saturated rings. The molecule has 0 aliphatic rings. The topological polar surface area (TPSA) is 52.5 Å². The van der Waals surface area contributed by atoms with Crippen molar-refractivity contribution in [2.75, 3.05) is 13.2 Å². The summed E-state index contributed by atoms with van der Waals surface area (Å²) in [4.78, 5) is 0. The molecule has 0 aliphatic heterocycles. The van der Waals surface area contributed by atoms with Crippen LogP contribution in [0.2, 0.25) is 0 Å². The van der Waals surface area contributed by atoms with E-state index in [9.17, 15) is 5.11 Å². The summed E-state index contributed by atoms with van der Waals surface area (Å²) < 4.78 is 0. The van der Waals surface area contributed by atoms with E-state index >= 15 is 0 Å². The van der Waals surface area contributed by atoms with Crippen LogP contribution in [0.1, 0.15) is 5.56 Å². The van der Waals surface area contributed by atoms with Gasteiger partial charge >= 0.3 is 0 Å². The van der Waals surface area contributed by atoms with E-state index in [1.807, 2.05) is 30.3 Å². The van der Waals surface area contributed by atoms with E-state index in [4.69, 9.17) is 5.11 Å². The molecular formula is C10H15NO2. The fourth-order valence-corrected chi connectivity index (χ4v) is 1.14. The second-order valence-electron chi connectivity index (χ2n) is 2.88. The number of nitrogens with one attached hydrogen (secondary N) is 1. The molecule has 0 bridgehead atoms. The van der Waals surface area contributed by atoms with Crippen molar-refractivity contribution in [1.29, 1.82) is 0 Å². The van der Waals surface area contributed by atoms with Gasteiger partial charge in [-0.15, -0.1) is 0 Å². The molecule has 0 amide bonds. The molecule has 0 spiro atoms. The van der Waals surface area contributed by atoms with Gasteiger partial charge in [0.25, 0.3) is 0 Å². The Bertz CT molecular complexity index is 226. The van der Waals surface area contributed by atoms with Gasteiger partial charge in [-0.1, -0.05) is 30.3 Å². The Kier molecular flexibility index (Phi) is 4.46. The molecule has 0 heterocycles. The predicted molar refractivity (Wildman–Crippen MR) is 51.2 cm³/mol. The van der Waals surface area contributed by atoms with Crippen molar-refractivity contribution in [1.82, 2.24) is 5.32 Å². The van der Waals surface area contributed by atoms with Gasteiger partial charge in [-0.25, -0.2) is 0 Å². The zero-order chi connectivity index (χ0) is 9.52. The van der Waals surface area contributed by atoms with Crippen LogP contribution in [-0.4, -0.2) is 29.6 Å². The summed E-state index contributed by atoms with van der Waals surface area (Å²) in [5.74, 6) is 0. The minimum absolute atomic E-state index is 0.0475. The lowest BCUT2D eigenvalue weighted by molar-refractivity contribution is 0.128. The van der Waals surface area contributed by atoms with E-state index in [1.165, 1.54) is 0 Å². The van der Waals surface area contributed by atoms with Crippen LogP contribution >= 0.6 is 0 Å². The summed E-state index contributed by atoms with van der Waals surface area (Å²) in [7, 11) is 0. The molecule has 1 atom stereocenters. The molecule has 72 valence electrons. The van der Waals surface area contributed by atoms with E-state index < -0.39 is 6.23 Å². The molecule has 3 nitrogen and oxygen atoms in total. The maximum Gasteiger partial charge on any atom is 0.109 e. The fourth-order valence-electron chi connectivity index (χ4n) is 1.14. The molecule has 1 aromatic rings. The van der Waals surface area contributed by atoms with Gasteiger partial charge < -0.3 is 10.2 Å². The van der Waals surface area contributed by atoms with Gasteiger partial charge in [-0.3, -0.25) is 5.32 Å². The van der Waals surface area contributed by atoms with E-state index in [2.05, 4.69) is 5.32 Å². The smallest absolute Gasteiger partial charge is 0.109 e. The van der Waals surface area contributed by atoms with E-state index in [1.54, 1.807) is 0 Å². The summed E-state index contributed by atoms with van der Waals surface area (Å²) in [5.41, 5.74) is 1.08. The molecule has 3 N–H and O–H groups in total. The third-order valence-corrected chi connectivity index (χ3v) is 1.76. The second kappa shape index (κ2) is 5.70. The first-order chi connectivity index (χ1) is 6.33. The van der Waals surface area contributed by atoms with Crippen LogP contribution < -0.4 is 5.32 Å². The molecule has 0 saturated heterocycles. The maximum atomic E-state index is 9.41. The van der Waals surface area contributed by atoms with Gasteiger partial charge in [0.15, 0.2) is 0 Å². The van der Waals surface area contributed by atoms with Crippen LogP contribution in [0.4, 0.5) is 0 Å². The number of benzene rings is 1. The van der Waals surface area contributed by atoms with Crippen molar-refractivity contribution in [2.45, 2.75) is 12.6 Å². The first-order valence-electron chi connectivity index (χ1n) is 4.39. The van der Waals surface area contributed by atoms with Gasteiger partial charge in [0, 0.05) is 13.0 Å².